The number of carbonyl (C=O) groups excluding carboxylic acids is 2. The van der Waals surface area contributed by atoms with Gasteiger partial charge in [-0.05, 0) is 12.5 Å². The van der Waals surface area contributed by atoms with Gasteiger partial charge in [-0.3, -0.25) is 14.9 Å². The van der Waals surface area contributed by atoms with Crippen molar-refractivity contribution in [1.82, 2.24) is 0 Å². The Morgan fingerprint density at radius 1 is 1.27 bits per heavy atom. The molecule has 0 N–H and O–H groups in total. The van der Waals surface area contributed by atoms with E-state index in [1.165, 1.54) is 7.11 Å². The van der Waals surface area contributed by atoms with E-state index < -0.39 is 36.9 Å². The Morgan fingerprint density at radius 3 is 2.27 bits per heavy atom. The lowest BCUT2D eigenvalue weighted by atomic mass is 9.92. The first kappa shape index (κ1) is 20.6. The number of methoxy groups -OCH3 is 1. The van der Waals surface area contributed by atoms with Gasteiger partial charge in [-0.1, -0.05) is 33.0 Å². The molecular formula is C14H27NO6Si. The predicted octanol–water partition coefficient (Wildman–Crippen LogP) is 2.49. The molecule has 0 radical (unpaired) electrons. The van der Waals surface area contributed by atoms with Crippen molar-refractivity contribution >= 4 is 20.0 Å². The molecule has 2 atom stereocenters. The van der Waals surface area contributed by atoms with E-state index in [9.17, 15) is 19.7 Å². The number of esters is 2. The van der Waals surface area contributed by atoms with Crippen molar-refractivity contribution in [3.8, 4) is 0 Å². The lowest BCUT2D eigenvalue weighted by Crippen LogP contribution is -2.40. The summed E-state index contributed by atoms with van der Waals surface area (Å²) in [4.78, 5) is 34.1. The molecule has 7 nitrogen and oxygen atoms in total. The number of hydrogen-bond acceptors (Lipinski definition) is 6. The van der Waals surface area contributed by atoms with Crippen LogP contribution >= 0.6 is 0 Å². The van der Waals surface area contributed by atoms with Crippen LogP contribution in [-0.4, -0.2) is 44.7 Å². The molecule has 0 saturated heterocycles. The molecule has 0 aliphatic heterocycles. The number of nitro groups is 1. The van der Waals surface area contributed by atoms with E-state index in [4.69, 9.17) is 4.74 Å². The minimum Gasteiger partial charge on any atom is -0.469 e. The Morgan fingerprint density at radius 2 is 1.86 bits per heavy atom. The summed E-state index contributed by atoms with van der Waals surface area (Å²) in [5.74, 6) is -2.11. The Hall–Kier alpha value is -1.44. The molecule has 0 rings (SSSR count). The van der Waals surface area contributed by atoms with E-state index in [0.29, 0.717) is 12.8 Å². The number of carbonyl (C=O) groups is 2. The van der Waals surface area contributed by atoms with Crippen molar-refractivity contribution < 1.29 is 24.0 Å². The Labute approximate surface area is 132 Å². The molecule has 22 heavy (non-hydrogen) atoms. The van der Waals surface area contributed by atoms with Crippen molar-refractivity contribution in [2.75, 3.05) is 13.7 Å². The summed E-state index contributed by atoms with van der Waals surface area (Å²) in [6.07, 6.45) is 0.872. The standard InChI is InChI=1S/C14H27NO6Si/c1-6-7-11(10-12(16)20-2)13(15(18)19)14(17)21-8-9-22(3,4)5/h11,13H,6-10H2,1-5H3. The molecule has 0 bridgehead atoms. The zero-order valence-corrected chi connectivity index (χ0v) is 15.1. The van der Waals surface area contributed by atoms with Crippen molar-refractivity contribution in [3.63, 3.8) is 0 Å². The smallest absolute Gasteiger partial charge is 0.381 e. The van der Waals surface area contributed by atoms with Gasteiger partial charge in [0.2, 0.25) is 0 Å². The van der Waals surface area contributed by atoms with E-state index >= 15 is 0 Å². The summed E-state index contributed by atoms with van der Waals surface area (Å²) in [7, 11) is -0.161. The van der Waals surface area contributed by atoms with Gasteiger partial charge in [0.05, 0.1) is 20.1 Å². The van der Waals surface area contributed by atoms with Gasteiger partial charge in [-0.15, -0.1) is 0 Å². The number of ether oxygens (including phenoxy) is 2. The largest absolute Gasteiger partial charge is 0.469 e. The second-order valence-corrected chi connectivity index (χ2v) is 12.2. The van der Waals surface area contributed by atoms with Gasteiger partial charge in [-0.2, -0.15) is 0 Å². The minimum absolute atomic E-state index is 0.154. The van der Waals surface area contributed by atoms with Crippen LogP contribution in [0.25, 0.3) is 0 Å². The van der Waals surface area contributed by atoms with Crippen molar-refractivity contribution in [2.24, 2.45) is 5.92 Å². The Bertz CT molecular complexity index is 393. The third kappa shape index (κ3) is 8.11. The summed E-state index contributed by atoms with van der Waals surface area (Å²) in [5, 5.41) is 11.2. The molecule has 0 saturated carbocycles. The van der Waals surface area contributed by atoms with Crippen LogP contribution in [0.3, 0.4) is 0 Å². The maximum Gasteiger partial charge on any atom is 0.381 e. The van der Waals surface area contributed by atoms with E-state index in [2.05, 4.69) is 24.4 Å². The van der Waals surface area contributed by atoms with Crippen LogP contribution in [0.1, 0.15) is 26.2 Å². The third-order valence-electron chi connectivity index (χ3n) is 3.33. The lowest BCUT2D eigenvalue weighted by molar-refractivity contribution is -0.520. The molecule has 0 amide bonds. The van der Waals surface area contributed by atoms with E-state index in [1.54, 1.807) is 0 Å². The van der Waals surface area contributed by atoms with Gasteiger partial charge in [0.1, 0.15) is 0 Å². The van der Waals surface area contributed by atoms with Crippen LogP contribution in [0.2, 0.25) is 25.7 Å². The van der Waals surface area contributed by atoms with Crippen LogP contribution in [0.5, 0.6) is 0 Å². The molecule has 2 unspecified atom stereocenters. The minimum atomic E-state index is -1.51. The first-order valence-electron chi connectivity index (χ1n) is 7.49. The molecule has 0 aromatic carbocycles. The summed E-state index contributed by atoms with van der Waals surface area (Å²) in [6.45, 7) is 8.42. The maximum atomic E-state index is 12.1. The molecule has 0 spiro atoms. The van der Waals surface area contributed by atoms with Gasteiger partial charge in [-0.25, -0.2) is 4.79 Å². The number of rotatable bonds is 10. The van der Waals surface area contributed by atoms with E-state index in [1.807, 2.05) is 6.92 Å². The topological polar surface area (TPSA) is 95.7 Å². The molecule has 0 fully saturated rings. The number of hydrogen-bond donors (Lipinski definition) is 0. The SMILES string of the molecule is CCCC(CC(=O)OC)C(C(=O)OCC[Si](C)(C)C)[N+](=O)[O-]. The van der Waals surface area contributed by atoms with Crippen LogP contribution in [0.15, 0.2) is 0 Å². The van der Waals surface area contributed by atoms with E-state index in [-0.39, 0.29) is 13.0 Å². The molecule has 8 heteroatoms. The third-order valence-corrected chi connectivity index (χ3v) is 5.03. The molecule has 0 aliphatic rings. The van der Waals surface area contributed by atoms with Crippen LogP contribution in [0, 0.1) is 16.0 Å². The van der Waals surface area contributed by atoms with Crippen LogP contribution in [-0.2, 0) is 19.1 Å². The zero-order chi connectivity index (χ0) is 17.3. The average Bonchev–Trinajstić information content (AvgIpc) is 2.36. The average molecular weight is 333 g/mol. The van der Waals surface area contributed by atoms with Crippen molar-refractivity contribution in [1.29, 1.82) is 0 Å². The lowest BCUT2D eigenvalue weighted by Gasteiger charge is -2.20. The summed E-state index contributed by atoms with van der Waals surface area (Å²) < 4.78 is 9.64. The fraction of sp³-hybridized carbons (Fsp3) is 0.857. The fourth-order valence-electron chi connectivity index (χ4n) is 2.03. The summed E-state index contributed by atoms with van der Waals surface area (Å²) >= 11 is 0. The van der Waals surface area contributed by atoms with Gasteiger partial charge in [0.15, 0.2) is 0 Å². The van der Waals surface area contributed by atoms with Crippen molar-refractivity contribution in [2.45, 2.75) is 57.9 Å². The maximum absolute atomic E-state index is 12.1. The zero-order valence-electron chi connectivity index (χ0n) is 14.1. The molecule has 0 aromatic heterocycles. The molecule has 128 valence electrons. The molecule has 0 heterocycles. The van der Waals surface area contributed by atoms with Gasteiger partial charge in [0, 0.05) is 18.9 Å². The highest BCUT2D eigenvalue weighted by atomic mass is 28.3. The Kier molecular flexibility index (Phi) is 8.92. The van der Waals surface area contributed by atoms with Gasteiger partial charge >= 0.3 is 18.0 Å². The van der Waals surface area contributed by atoms with Crippen molar-refractivity contribution in [3.05, 3.63) is 10.1 Å². The highest BCUT2D eigenvalue weighted by Gasteiger charge is 2.41. The quantitative estimate of drug-likeness (QED) is 0.264. The first-order valence-corrected chi connectivity index (χ1v) is 11.2. The van der Waals surface area contributed by atoms with Crippen LogP contribution < -0.4 is 0 Å². The van der Waals surface area contributed by atoms with Gasteiger partial charge < -0.3 is 9.47 Å². The second-order valence-electron chi connectivity index (χ2n) is 6.54. The Balaban J connectivity index is 4.87. The summed E-state index contributed by atoms with van der Waals surface area (Å²) in [6, 6.07) is -0.765. The van der Waals surface area contributed by atoms with Gasteiger partial charge in [0.25, 0.3) is 0 Å². The number of nitrogens with zero attached hydrogens (tertiary/aromatic N) is 1. The summed E-state index contributed by atoms with van der Waals surface area (Å²) in [5.41, 5.74) is 0. The highest BCUT2D eigenvalue weighted by Crippen LogP contribution is 2.21. The first-order chi connectivity index (χ1) is 10.1. The van der Waals surface area contributed by atoms with E-state index in [0.717, 1.165) is 6.04 Å². The monoisotopic (exact) mass is 333 g/mol. The second kappa shape index (κ2) is 9.55. The predicted molar refractivity (Wildman–Crippen MR) is 84.9 cm³/mol. The molecule has 0 aromatic rings. The molecular weight excluding hydrogens is 306 g/mol. The fourth-order valence-corrected chi connectivity index (χ4v) is 2.75. The molecule has 0 aliphatic carbocycles. The highest BCUT2D eigenvalue weighted by molar-refractivity contribution is 6.76. The van der Waals surface area contributed by atoms with Crippen LogP contribution in [0.4, 0.5) is 0 Å². The normalized spacial score (nSPS) is 14.0.